The second-order valence-corrected chi connectivity index (χ2v) is 6.45. The maximum atomic E-state index is 12.3. The molecule has 1 atom stereocenters. The largest absolute Gasteiger partial charge is 0.383 e. The van der Waals surface area contributed by atoms with Gasteiger partial charge in [0.15, 0.2) is 0 Å². The molecule has 0 aliphatic rings. The number of hydrogen-bond donors (Lipinski definition) is 1. The monoisotopic (exact) mass is 360 g/mol. The first-order chi connectivity index (χ1) is 9.86. The third kappa shape index (κ3) is 5.41. The number of likely N-dealkylation sites (N-methyl/N-ethyl adjacent to an activating group) is 1. The summed E-state index contributed by atoms with van der Waals surface area (Å²) in [7, 11) is 5.60. The number of nitrogens with zero attached hydrogens (tertiary/aromatic N) is 3. The summed E-state index contributed by atoms with van der Waals surface area (Å²) in [4.78, 5) is 14.3. The van der Waals surface area contributed by atoms with Crippen LogP contribution in [0.4, 0.5) is 5.69 Å². The van der Waals surface area contributed by atoms with Crippen LogP contribution in [0.25, 0.3) is 0 Å². The fraction of sp³-hybridized carbons (Fsp3) is 0.714. The summed E-state index contributed by atoms with van der Waals surface area (Å²) in [6, 6.07) is 0.130. The zero-order valence-electron chi connectivity index (χ0n) is 13.4. The first-order valence-electron chi connectivity index (χ1n) is 7.02. The molecule has 21 heavy (non-hydrogen) atoms. The molecular weight excluding hydrogens is 336 g/mol. The van der Waals surface area contributed by atoms with Gasteiger partial charge in [0.25, 0.3) is 5.56 Å². The maximum absolute atomic E-state index is 12.3. The van der Waals surface area contributed by atoms with Crippen LogP contribution in [0, 0.1) is 5.92 Å². The van der Waals surface area contributed by atoms with E-state index in [1.54, 1.807) is 13.3 Å². The summed E-state index contributed by atoms with van der Waals surface area (Å²) in [5.74, 6) is 0.382. The lowest BCUT2D eigenvalue weighted by Crippen LogP contribution is -2.33. The molecule has 0 radical (unpaired) electrons. The Morgan fingerprint density at radius 2 is 2.14 bits per heavy atom. The van der Waals surface area contributed by atoms with E-state index >= 15 is 0 Å². The Hall–Kier alpha value is -0.920. The van der Waals surface area contributed by atoms with Gasteiger partial charge in [-0.3, -0.25) is 4.79 Å². The van der Waals surface area contributed by atoms with E-state index in [0.717, 1.165) is 6.54 Å². The van der Waals surface area contributed by atoms with Gasteiger partial charge < -0.3 is 15.0 Å². The van der Waals surface area contributed by atoms with Crippen molar-refractivity contribution in [3.63, 3.8) is 0 Å². The van der Waals surface area contributed by atoms with Crippen LogP contribution in [0.2, 0.25) is 0 Å². The molecule has 1 aromatic rings. The molecule has 7 heteroatoms. The highest BCUT2D eigenvalue weighted by atomic mass is 79.9. The normalized spacial score (nSPS) is 13.0. The molecule has 120 valence electrons. The smallest absolute Gasteiger partial charge is 0.283 e. The number of rotatable bonds is 8. The van der Waals surface area contributed by atoms with Crippen LogP contribution in [0.3, 0.4) is 0 Å². The fourth-order valence-electron chi connectivity index (χ4n) is 1.80. The second kappa shape index (κ2) is 8.51. The first-order valence-corrected chi connectivity index (χ1v) is 7.82. The SMILES string of the molecule is COCC(Nc1cnn(CCN(C)C)c(=O)c1Br)C(C)C. The van der Waals surface area contributed by atoms with Gasteiger partial charge in [-0.15, -0.1) is 0 Å². The van der Waals surface area contributed by atoms with Crippen molar-refractivity contribution in [1.82, 2.24) is 14.7 Å². The average Bonchev–Trinajstić information content (AvgIpc) is 2.41. The van der Waals surface area contributed by atoms with Gasteiger partial charge in [-0.25, -0.2) is 4.68 Å². The van der Waals surface area contributed by atoms with E-state index < -0.39 is 0 Å². The number of nitrogens with one attached hydrogen (secondary N) is 1. The minimum absolute atomic E-state index is 0.123. The second-order valence-electron chi connectivity index (χ2n) is 5.65. The Kier molecular flexibility index (Phi) is 7.34. The lowest BCUT2D eigenvalue weighted by atomic mass is 10.1. The molecule has 1 aromatic heterocycles. The molecule has 0 aliphatic heterocycles. The molecule has 0 fully saturated rings. The van der Waals surface area contributed by atoms with Crippen LogP contribution >= 0.6 is 15.9 Å². The maximum Gasteiger partial charge on any atom is 0.283 e. The van der Waals surface area contributed by atoms with Crippen molar-refractivity contribution in [1.29, 1.82) is 0 Å². The Morgan fingerprint density at radius 3 is 2.67 bits per heavy atom. The predicted molar refractivity (Wildman–Crippen MR) is 88.9 cm³/mol. The highest BCUT2D eigenvalue weighted by Gasteiger charge is 2.16. The highest BCUT2D eigenvalue weighted by molar-refractivity contribution is 9.10. The molecule has 0 bridgehead atoms. The van der Waals surface area contributed by atoms with Crippen molar-refractivity contribution < 1.29 is 4.74 Å². The van der Waals surface area contributed by atoms with Gasteiger partial charge in [0.05, 0.1) is 31.1 Å². The summed E-state index contributed by atoms with van der Waals surface area (Å²) in [5, 5.41) is 7.55. The number of aromatic nitrogens is 2. The molecule has 0 saturated heterocycles. The number of ether oxygens (including phenoxy) is 1. The van der Waals surface area contributed by atoms with Crippen molar-refractivity contribution >= 4 is 21.6 Å². The van der Waals surface area contributed by atoms with E-state index in [9.17, 15) is 4.79 Å². The molecule has 0 amide bonds. The Balaban J connectivity index is 2.90. The van der Waals surface area contributed by atoms with Crippen LogP contribution in [-0.4, -0.2) is 55.1 Å². The molecule has 1 unspecified atom stereocenters. The van der Waals surface area contributed by atoms with E-state index in [1.807, 2.05) is 19.0 Å². The average molecular weight is 361 g/mol. The molecule has 1 heterocycles. The van der Waals surface area contributed by atoms with Gasteiger partial charge in [-0.05, 0) is 35.9 Å². The molecule has 0 saturated carbocycles. The third-order valence-electron chi connectivity index (χ3n) is 3.24. The quantitative estimate of drug-likeness (QED) is 0.763. The number of hydrogen-bond acceptors (Lipinski definition) is 5. The Labute approximate surface area is 134 Å². The van der Waals surface area contributed by atoms with Crippen molar-refractivity contribution in [3.05, 3.63) is 21.0 Å². The van der Waals surface area contributed by atoms with Crippen molar-refractivity contribution in [3.8, 4) is 0 Å². The Bertz CT molecular complexity index is 502. The molecule has 6 nitrogen and oxygen atoms in total. The van der Waals surface area contributed by atoms with Gasteiger partial charge in [0.1, 0.15) is 4.47 Å². The number of anilines is 1. The lowest BCUT2D eigenvalue weighted by Gasteiger charge is -2.23. The van der Waals surface area contributed by atoms with Crippen LogP contribution in [0.1, 0.15) is 13.8 Å². The van der Waals surface area contributed by atoms with Crippen LogP contribution in [0.5, 0.6) is 0 Å². The summed E-state index contributed by atoms with van der Waals surface area (Å²) in [5.41, 5.74) is 0.582. The minimum Gasteiger partial charge on any atom is -0.383 e. The van der Waals surface area contributed by atoms with E-state index in [1.165, 1.54) is 4.68 Å². The summed E-state index contributed by atoms with van der Waals surface area (Å²) in [6.45, 7) is 6.13. The van der Waals surface area contributed by atoms with Gasteiger partial charge in [-0.1, -0.05) is 13.8 Å². The molecule has 1 N–H and O–H groups in total. The van der Waals surface area contributed by atoms with Crippen LogP contribution < -0.4 is 10.9 Å². The zero-order chi connectivity index (χ0) is 16.0. The summed E-state index contributed by atoms with van der Waals surface area (Å²) in [6.07, 6.45) is 1.69. The van der Waals surface area contributed by atoms with Crippen LogP contribution in [0.15, 0.2) is 15.5 Å². The summed E-state index contributed by atoms with van der Waals surface area (Å²) >= 11 is 3.38. The van der Waals surface area contributed by atoms with Crippen LogP contribution in [-0.2, 0) is 11.3 Å². The topological polar surface area (TPSA) is 59.4 Å². The summed E-state index contributed by atoms with van der Waals surface area (Å²) < 4.78 is 7.19. The first kappa shape index (κ1) is 18.1. The van der Waals surface area contributed by atoms with E-state index in [0.29, 0.717) is 29.2 Å². The number of methoxy groups -OCH3 is 1. The van der Waals surface area contributed by atoms with E-state index in [-0.39, 0.29) is 11.6 Å². The molecule has 0 aliphatic carbocycles. The lowest BCUT2D eigenvalue weighted by molar-refractivity contribution is 0.171. The van der Waals surface area contributed by atoms with Gasteiger partial charge >= 0.3 is 0 Å². The highest BCUT2D eigenvalue weighted by Crippen LogP contribution is 2.19. The number of halogens is 1. The standard InChI is InChI=1S/C14H25BrN4O2/c1-10(2)12(9-21-5)17-11-8-16-19(7-6-18(3)4)14(20)13(11)15/h8,10,12,17H,6-7,9H2,1-5H3. The molecule has 1 rings (SSSR count). The van der Waals surface area contributed by atoms with Gasteiger partial charge in [-0.2, -0.15) is 5.10 Å². The van der Waals surface area contributed by atoms with Gasteiger partial charge in [0, 0.05) is 13.7 Å². The van der Waals surface area contributed by atoms with Crippen molar-refractivity contribution in [2.75, 3.05) is 39.7 Å². The molecule has 0 aromatic carbocycles. The zero-order valence-corrected chi connectivity index (χ0v) is 15.0. The van der Waals surface area contributed by atoms with E-state index in [4.69, 9.17) is 4.74 Å². The van der Waals surface area contributed by atoms with Crippen molar-refractivity contribution in [2.45, 2.75) is 26.4 Å². The van der Waals surface area contributed by atoms with E-state index in [2.05, 4.69) is 40.2 Å². The third-order valence-corrected chi connectivity index (χ3v) is 4.00. The molecule has 0 spiro atoms. The predicted octanol–water partition coefficient (Wildman–Crippen LogP) is 1.65. The Morgan fingerprint density at radius 1 is 1.48 bits per heavy atom. The van der Waals surface area contributed by atoms with Gasteiger partial charge in [0.2, 0.25) is 0 Å². The minimum atomic E-state index is -0.123. The van der Waals surface area contributed by atoms with Crippen molar-refractivity contribution in [2.24, 2.45) is 5.92 Å². The molecular formula is C14H25BrN4O2. The fourth-order valence-corrected chi connectivity index (χ4v) is 2.22.